The molecule has 0 aliphatic carbocycles. The maximum Gasteiger partial charge on any atom is 0.271 e. The van der Waals surface area contributed by atoms with Crippen LogP contribution in [0.15, 0.2) is 29.8 Å². The van der Waals surface area contributed by atoms with Crippen LogP contribution in [0.3, 0.4) is 0 Å². The van der Waals surface area contributed by atoms with Crippen molar-refractivity contribution in [3.05, 3.63) is 50.5 Å². The number of carbonyl (C=O) groups excluding carboxylic acids is 1. The van der Waals surface area contributed by atoms with Crippen LogP contribution < -0.4 is 10.1 Å². The maximum atomic E-state index is 13.5. The average Bonchev–Trinajstić information content (AvgIpc) is 2.77. The first-order valence-corrected chi connectivity index (χ1v) is 6.27. The summed E-state index contributed by atoms with van der Waals surface area (Å²) < 4.78 is 14.8. The zero-order chi connectivity index (χ0) is 14.7. The Labute approximate surface area is 128 Å². The number of amides is 1. The average molecular weight is 333 g/mol. The lowest BCUT2D eigenvalue weighted by molar-refractivity contribution is -0.384. The molecule has 0 saturated heterocycles. The van der Waals surface area contributed by atoms with Crippen molar-refractivity contribution in [2.24, 2.45) is 0 Å². The number of nitrogens with zero attached hydrogens (tertiary/aromatic N) is 2. The Balaban J connectivity index is 0.00000220. The highest BCUT2D eigenvalue weighted by molar-refractivity contribution is 7.06. The van der Waals surface area contributed by atoms with Crippen molar-refractivity contribution in [1.82, 2.24) is 4.57 Å². The normalized spacial score (nSPS) is 9.76. The molecule has 0 bridgehead atoms. The van der Waals surface area contributed by atoms with Gasteiger partial charge in [-0.3, -0.25) is 20.3 Å². The molecule has 10 heteroatoms. The van der Waals surface area contributed by atoms with Gasteiger partial charge in [-0.15, -0.1) is 23.7 Å². The largest absolute Gasteiger partial charge is 0.322 e. The zero-order valence-electron chi connectivity index (χ0n) is 10.4. The number of aromatic nitrogens is 1. The third-order valence-electron chi connectivity index (χ3n) is 2.43. The minimum Gasteiger partial charge on any atom is -0.322 e. The zero-order valence-corrected chi connectivity index (χ0v) is 12.0. The molecule has 0 aliphatic rings. The number of benzene rings is 1. The SMILES string of the molecule is Cl.N=c1sccn1CC(=O)Nc1cc([N+](=O)[O-])ccc1F. The highest BCUT2D eigenvalue weighted by Gasteiger charge is 2.13. The van der Waals surface area contributed by atoms with Crippen molar-refractivity contribution in [2.75, 3.05) is 5.32 Å². The number of hydrogen-bond acceptors (Lipinski definition) is 5. The molecule has 0 atom stereocenters. The molecule has 2 rings (SSSR count). The Morgan fingerprint density at radius 3 is 2.81 bits per heavy atom. The summed E-state index contributed by atoms with van der Waals surface area (Å²) in [6.07, 6.45) is 1.55. The van der Waals surface area contributed by atoms with Crippen LogP contribution in [0.4, 0.5) is 15.8 Å². The number of anilines is 1. The van der Waals surface area contributed by atoms with E-state index in [9.17, 15) is 19.3 Å². The second-order valence-corrected chi connectivity index (χ2v) is 4.70. The number of nitro benzene ring substituents is 1. The van der Waals surface area contributed by atoms with Crippen LogP contribution in [0.2, 0.25) is 0 Å². The van der Waals surface area contributed by atoms with Crippen molar-refractivity contribution < 1.29 is 14.1 Å². The minimum atomic E-state index is -0.759. The first-order chi connectivity index (χ1) is 9.47. The molecule has 0 fully saturated rings. The van der Waals surface area contributed by atoms with E-state index in [1.807, 2.05) is 0 Å². The molecule has 0 spiro atoms. The molecule has 1 aromatic carbocycles. The van der Waals surface area contributed by atoms with Crippen molar-refractivity contribution >= 4 is 41.0 Å². The highest BCUT2D eigenvalue weighted by atomic mass is 35.5. The summed E-state index contributed by atoms with van der Waals surface area (Å²) in [6, 6.07) is 2.88. The molecule has 21 heavy (non-hydrogen) atoms. The van der Waals surface area contributed by atoms with Crippen LogP contribution in [-0.2, 0) is 11.3 Å². The Hall–Kier alpha value is -2.26. The molecule has 2 N–H and O–H groups in total. The fourth-order valence-corrected chi connectivity index (χ4v) is 2.09. The van der Waals surface area contributed by atoms with Gasteiger partial charge in [0.15, 0.2) is 4.80 Å². The van der Waals surface area contributed by atoms with Gasteiger partial charge in [0.1, 0.15) is 12.4 Å². The number of hydrogen-bond donors (Lipinski definition) is 2. The van der Waals surface area contributed by atoms with Crippen molar-refractivity contribution in [3.8, 4) is 0 Å². The summed E-state index contributed by atoms with van der Waals surface area (Å²) in [5, 5.41) is 22.0. The van der Waals surface area contributed by atoms with Gasteiger partial charge >= 0.3 is 0 Å². The molecule has 2 aromatic rings. The second kappa shape index (κ2) is 6.95. The van der Waals surface area contributed by atoms with E-state index in [0.29, 0.717) is 0 Å². The van der Waals surface area contributed by atoms with Gasteiger partial charge in [0.05, 0.1) is 10.6 Å². The minimum absolute atomic E-state index is 0. The fourth-order valence-electron chi connectivity index (χ4n) is 1.50. The van der Waals surface area contributed by atoms with Crippen LogP contribution in [0, 0.1) is 21.3 Å². The molecule has 1 amide bonds. The molecule has 1 aromatic heterocycles. The number of thiazole rings is 1. The molecule has 112 valence electrons. The Morgan fingerprint density at radius 2 is 2.24 bits per heavy atom. The van der Waals surface area contributed by atoms with Crippen molar-refractivity contribution in [3.63, 3.8) is 0 Å². The quantitative estimate of drug-likeness (QED) is 0.662. The van der Waals surface area contributed by atoms with Gasteiger partial charge < -0.3 is 9.88 Å². The van der Waals surface area contributed by atoms with E-state index in [-0.39, 0.29) is 35.1 Å². The van der Waals surface area contributed by atoms with Crippen molar-refractivity contribution in [1.29, 1.82) is 5.41 Å². The van der Waals surface area contributed by atoms with Gasteiger partial charge in [0, 0.05) is 23.7 Å². The van der Waals surface area contributed by atoms with E-state index in [1.165, 1.54) is 4.57 Å². The summed E-state index contributed by atoms with van der Waals surface area (Å²) in [7, 11) is 0. The Bertz CT molecular complexity index is 730. The smallest absolute Gasteiger partial charge is 0.271 e. The van der Waals surface area contributed by atoms with Gasteiger partial charge in [0.2, 0.25) is 5.91 Å². The maximum absolute atomic E-state index is 13.5. The topological polar surface area (TPSA) is 101 Å². The first-order valence-electron chi connectivity index (χ1n) is 5.39. The fraction of sp³-hybridized carbons (Fsp3) is 0.0909. The predicted octanol–water partition coefficient (Wildman–Crippen LogP) is 2.14. The summed E-state index contributed by atoms with van der Waals surface area (Å²) in [5.41, 5.74) is -0.572. The van der Waals surface area contributed by atoms with Crippen LogP contribution >= 0.6 is 23.7 Å². The lowest BCUT2D eigenvalue weighted by Crippen LogP contribution is -2.24. The molecular weight excluding hydrogens is 323 g/mol. The van der Waals surface area contributed by atoms with E-state index < -0.39 is 16.6 Å². The summed E-state index contributed by atoms with van der Waals surface area (Å²) in [4.78, 5) is 21.8. The monoisotopic (exact) mass is 332 g/mol. The number of halogens is 2. The van der Waals surface area contributed by atoms with E-state index in [1.54, 1.807) is 11.6 Å². The summed E-state index contributed by atoms with van der Waals surface area (Å²) >= 11 is 1.15. The molecule has 0 aliphatic heterocycles. The third kappa shape index (κ3) is 4.10. The van der Waals surface area contributed by atoms with Gasteiger partial charge in [-0.2, -0.15) is 0 Å². The number of non-ortho nitro benzene ring substituents is 1. The Kier molecular flexibility index (Phi) is 5.56. The molecule has 7 nitrogen and oxygen atoms in total. The standard InChI is InChI=1S/C11H9FN4O3S.ClH/c12-8-2-1-7(16(18)19)5-9(8)14-10(17)6-15-3-4-20-11(15)13;/h1-5,13H,6H2,(H,14,17);1H. The number of nitrogens with one attached hydrogen (secondary N) is 2. The van der Waals surface area contributed by atoms with Crippen LogP contribution in [0.25, 0.3) is 0 Å². The molecule has 0 unspecified atom stereocenters. The predicted molar refractivity (Wildman–Crippen MR) is 77.1 cm³/mol. The van der Waals surface area contributed by atoms with E-state index in [0.717, 1.165) is 29.5 Å². The number of rotatable bonds is 4. The van der Waals surface area contributed by atoms with Gasteiger partial charge in [0.25, 0.3) is 5.69 Å². The lowest BCUT2D eigenvalue weighted by atomic mass is 10.2. The summed E-state index contributed by atoms with van der Waals surface area (Å²) in [6.45, 7) is -0.162. The van der Waals surface area contributed by atoms with E-state index in [4.69, 9.17) is 5.41 Å². The number of nitro groups is 1. The summed E-state index contributed by atoms with van der Waals surface area (Å²) in [5.74, 6) is -1.33. The van der Waals surface area contributed by atoms with Gasteiger partial charge in [-0.1, -0.05) is 0 Å². The molecule has 0 radical (unpaired) electrons. The highest BCUT2D eigenvalue weighted by Crippen LogP contribution is 2.21. The van der Waals surface area contributed by atoms with Crippen LogP contribution in [0.5, 0.6) is 0 Å². The van der Waals surface area contributed by atoms with Crippen LogP contribution in [0.1, 0.15) is 0 Å². The second-order valence-electron chi connectivity index (χ2n) is 3.81. The third-order valence-corrected chi connectivity index (χ3v) is 3.15. The lowest BCUT2D eigenvalue weighted by Gasteiger charge is -2.06. The Morgan fingerprint density at radius 1 is 1.52 bits per heavy atom. The van der Waals surface area contributed by atoms with Gasteiger partial charge in [-0.25, -0.2) is 4.39 Å². The van der Waals surface area contributed by atoms with E-state index in [2.05, 4.69) is 5.32 Å². The molecule has 1 heterocycles. The van der Waals surface area contributed by atoms with Crippen LogP contribution in [-0.4, -0.2) is 15.4 Å². The van der Waals surface area contributed by atoms with E-state index >= 15 is 0 Å². The first kappa shape index (κ1) is 16.8. The van der Waals surface area contributed by atoms with Gasteiger partial charge in [-0.05, 0) is 6.07 Å². The van der Waals surface area contributed by atoms with Crippen molar-refractivity contribution in [2.45, 2.75) is 6.54 Å². The number of carbonyl (C=O) groups is 1. The molecular formula is C11H10ClFN4O3S. The molecule has 0 saturated carbocycles.